The van der Waals surface area contributed by atoms with Gasteiger partial charge in [-0.25, -0.2) is 14.4 Å². The second-order valence-electron chi connectivity index (χ2n) is 6.41. The highest BCUT2D eigenvalue weighted by atomic mass is 32.2. The molecule has 9 heteroatoms. The van der Waals surface area contributed by atoms with Crippen molar-refractivity contribution in [2.45, 2.75) is 5.25 Å². The van der Waals surface area contributed by atoms with Crippen LogP contribution >= 0.6 is 11.9 Å². The minimum absolute atomic E-state index is 0.181. The largest absolute Gasteiger partial charge is 0.383 e. The Hall–Kier alpha value is -1.94. The second-order valence-corrected chi connectivity index (χ2v) is 7.61. The number of hydrogen-bond donors (Lipinski definition) is 1. The van der Waals surface area contributed by atoms with E-state index in [1.165, 1.54) is 5.56 Å². The van der Waals surface area contributed by atoms with Gasteiger partial charge >= 0.3 is 0 Å². The van der Waals surface area contributed by atoms with Gasteiger partial charge in [0.1, 0.15) is 0 Å². The fourth-order valence-corrected chi connectivity index (χ4v) is 4.36. The molecule has 144 valence electrons. The Labute approximate surface area is 163 Å². The molecule has 1 unspecified atom stereocenters. The lowest BCUT2D eigenvalue weighted by Crippen LogP contribution is -2.36. The first kappa shape index (κ1) is 18.4. The van der Waals surface area contributed by atoms with Crippen molar-refractivity contribution in [1.29, 1.82) is 0 Å². The Morgan fingerprint density at radius 1 is 1.30 bits per heavy atom. The highest BCUT2D eigenvalue weighted by molar-refractivity contribution is 7.98. The summed E-state index contributed by atoms with van der Waals surface area (Å²) >= 11 is 1.80. The maximum absolute atomic E-state index is 5.39. The summed E-state index contributed by atoms with van der Waals surface area (Å²) in [6, 6.07) is 10.5. The number of ether oxygens (including phenoxy) is 2. The molecule has 3 heterocycles. The van der Waals surface area contributed by atoms with Crippen LogP contribution in [0.2, 0.25) is 0 Å². The van der Waals surface area contributed by atoms with Crippen molar-refractivity contribution in [3.63, 3.8) is 0 Å². The molecule has 1 N–H and O–H groups in total. The van der Waals surface area contributed by atoms with Crippen molar-refractivity contribution in [3.8, 4) is 0 Å². The van der Waals surface area contributed by atoms with Crippen LogP contribution in [-0.2, 0) is 9.47 Å². The summed E-state index contributed by atoms with van der Waals surface area (Å²) in [5.74, 6) is 1.25. The first-order chi connectivity index (χ1) is 13.3. The average Bonchev–Trinajstić information content (AvgIpc) is 3.35. The van der Waals surface area contributed by atoms with Gasteiger partial charge < -0.3 is 14.4 Å². The SMILES string of the molecule is COCCN1CC(=Nc2nc(N3CCOCC3)n[nH]2)C(c2ccccc2)S1. The van der Waals surface area contributed by atoms with Gasteiger partial charge in [0.05, 0.1) is 30.8 Å². The Morgan fingerprint density at radius 3 is 2.89 bits per heavy atom. The number of rotatable bonds is 6. The van der Waals surface area contributed by atoms with E-state index in [0.717, 1.165) is 31.9 Å². The number of nitrogens with one attached hydrogen (secondary N) is 1. The van der Waals surface area contributed by atoms with E-state index in [0.29, 0.717) is 31.7 Å². The fourth-order valence-electron chi connectivity index (χ4n) is 3.15. The predicted octanol–water partition coefficient (Wildman–Crippen LogP) is 2.07. The summed E-state index contributed by atoms with van der Waals surface area (Å²) in [4.78, 5) is 11.5. The summed E-state index contributed by atoms with van der Waals surface area (Å²) in [6.45, 7) is 5.37. The molecule has 0 amide bonds. The molecule has 2 aliphatic rings. The number of methoxy groups -OCH3 is 1. The van der Waals surface area contributed by atoms with Gasteiger partial charge in [0.15, 0.2) is 0 Å². The zero-order valence-corrected chi connectivity index (χ0v) is 16.2. The minimum atomic E-state index is 0.181. The van der Waals surface area contributed by atoms with Gasteiger partial charge in [-0.1, -0.05) is 42.3 Å². The molecule has 1 aromatic carbocycles. The molecule has 0 aliphatic carbocycles. The van der Waals surface area contributed by atoms with E-state index in [1.54, 1.807) is 19.1 Å². The van der Waals surface area contributed by atoms with Gasteiger partial charge in [-0.3, -0.25) is 0 Å². The fraction of sp³-hybridized carbons (Fsp3) is 0.500. The second kappa shape index (κ2) is 8.83. The molecule has 0 spiro atoms. The number of H-pyrrole nitrogens is 1. The third kappa shape index (κ3) is 4.49. The quantitative estimate of drug-likeness (QED) is 0.759. The first-order valence-electron chi connectivity index (χ1n) is 9.11. The molecule has 1 aromatic heterocycles. The molecule has 8 nitrogen and oxygen atoms in total. The van der Waals surface area contributed by atoms with Gasteiger partial charge in [-0.2, -0.15) is 4.98 Å². The van der Waals surface area contributed by atoms with Crippen LogP contribution in [0, 0.1) is 0 Å². The van der Waals surface area contributed by atoms with Crippen LogP contribution < -0.4 is 4.90 Å². The molecular weight excluding hydrogens is 364 g/mol. The van der Waals surface area contributed by atoms with Crippen LogP contribution in [-0.4, -0.2) is 78.3 Å². The van der Waals surface area contributed by atoms with E-state index in [1.807, 2.05) is 6.07 Å². The number of nitrogens with zero attached hydrogens (tertiary/aromatic N) is 5. The number of hydrogen-bond acceptors (Lipinski definition) is 8. The summed E-state index contributed by atoms with van der Waals surface area (Å²) in [6.07, 6.45) is 0. The average molecular weight is 388 g/mol. The van der Waals surface area contributed by atoms with Crippen molar-refractivity contribution in [2.75, 3.05) is 58.0 Å². The molecule has 2 saturated heterocycles. The van der Waals surface area contributed by atoms with E-state index in [-0.39, 0.29) is 5.25 Å². The van der Waals surface area contributed by atoms with Crippen LogP contribution in [0.5, 0.6) is 0 Å². The molecule has 4 rings (SSSR count). The van der Waals surface area contributed by atoms with Gasteiger partial charge in [-0.15, -0.1) is 5.10 Å². The third-order valence-electron chi connectivity index (χ3n) is 4.55. The first-order valence-corrected chi connectivity index (χ1v) is 9.95. The zero-order chi connectivity index (χ0) is 18.5. The minimum Gasteiger partial charge on any atom is -0.383 e. The topological polar surface area (TPSA) is 78.9 Å². The summed E-state index contributed by atoms with van der Waals surface area (Å²) in [5, 5.41) is 7.49. The molecule has 0 saturated carbocycles. The van der Waals surface area contributed by atoms with Crippen LogP contribution in [0.3, 0.4) is 0 Å². The lowest BCUT2D eigenvalue weighted by molar-refractivity contribution is 0.122. The van der Waals surface area contributed by atoms with Crippen molar-refractivity contribution < 1.29 is 9.47 Å². The maximum atomic E-state index is 5.39. The van der Waals surface area contributed by atoms with Crippen LogP contribution in [0.1, 0.15) is 10.8 Å². The standard InChI is InChI=1S/C18H24N6O2S/c1-25-10-9-24-13-15(16(27-24)14-5-3-2-4-6-14)19-17-20-18(22-21-17)23-7-11-26-12-8-23/h2-6,16H,7-13H2,1H3,(H,20,21,22). The molecule has 27 heavy (non-hydrogen) atoms. The molecular formula is C18H24N6O2S. The molecule has 0 bridgehead atoms. The molecule has 1 atom stereocenters. The smallest absolute Gasteiger partial charge is 0.246 e. The van der Waals surface area contributed by atoms with Crippen molar-refractivity contribution in [2.24, 2.45) is 4.99 Å². The van der Waals surface area contributed by atoms with Crippen LogP contribution in [0.25, 0.3) is 0 Å². The normalized spacial score (nSPS) is 22.6. The summed E-state index contributed by atoms with van der Waals surface area (Å²) < 4.78 is 12.9. The molecule has 2 aliphatic heterocycles. The third-order valence-corrected chi connectivity index (χ3v) is 5.91. The van der Waals surface area contributed by atoms with E-state index < -0.39 is 0 Å². The monoisotopic (exact) mass is 388 g/mol. The Kier molecular flexibility index (Phi) is 6.03. The zero-order valence-electron chi connectivity index (χ0n) is 15.4. The van der Waals surface area contributed by atoms with E-state index >= 15 is 0 Å². The Balaban J connectivity index is 1.54. The van der Waals surface area contributed by atoms with Gasteiger partial charge in [0.25, 0.3) is 0 Å². The van der Waals surface area contributed by atoms with Crippen LogP contribution in [0.4, 0.5) is 11.9 Å². The number of benzene rings is 1. The summed E-state index contributed by atoms with van der Waals surface area (Å²) in [7, 11) is 1.73. The van der Waals surface area contributed by atoms with E-state index in [4.69, 9.17) is 14.5 Å². The Morgan fingerprint density at radius 2 is 2.11 bits per heavy atom. The maximum Gasteiger partial charge on any atom is 0.246 e. The predicted molar refractivity (Wildman–Crippen MR) is 107 cm³/mol. The van der Waals surface area contributed by atoms with Gasteiger partial charge in [0.2, 0.25) is 11.9 Å². The number of morpholine rings is 1. The highest BCUT2D eigenvalue weighted by Crippen LogP contribution is 2.39. The van der Waals surface area contributed by atoms with Crippen LogP contribution in [0.15, 0.2) is 35.3 Å². The van der Waals surface area contributed by atoms with E-state index in [9.17, 15) is 0 Å². The highest BCUT2D eigenvalue weighted by Gasteiger charge is 2.31. The lowest BCUT2D eigenvalue weighted by Gasteiger charge is -2.25. The van der Waals surface area contributed by atoms with Gasteiger partial charge in [-0.05, 0) is 5.56 Å². The number of aromatic amines is 1. The Bertz CT molecular complexity index is 762. The molecule has 2 fully saturated rings. The number of aromatic nitrogens is 3. The molecule has 2 aromatic rings. The van der Waals surface area contributed by atoms with Crippen molar-refractivity contribution in [1.82, 2.24) is 19.5 Å². The lowest BCUT2D eigenvalue weighted by atomic mass is 10.1. The van der Waals surface area contributed by atoms with Crippen molar-refractivity contribution in [3.05, 3.63) is 35.9 Å². The molecule has 0 radical (unpaired) electrons. The summed E-state index contributed by atoms with van der Waals surface area (Å²) in [5.41, 5.74) is 2.32. The number of aliphatic imine (C=N–C) groups is 1. The van der Waals surface area contributed by atoms with Gasteiger partial charge in [0, 0.05) is 33.3 Å². The number of anilines is 1. The van der Waals surface area contributed by atoms with Crippen molar-refractivity contribution >= 4 is 29.6 Å². The van der Waals surface area contributed by atoms with E-state index in [2.05, 4.69) is 48.7 Å².